The van der Waals surface area contributed by atoms with E-state index in [-0.39, 0.29) is 11.4 Å². The Morgan fingerprint density at radius 1 is 1.64 bits per heavy atom. The Balaban J connectivity index is 2.55. The van der Waals surface area contributed by atoms with E-state index in [0.29, 0.717) is 10.5 Å². The molecule has 1 fully saturated rings. The van der Waals surface area contributed by atoms with Crippen LogP contribution < -0.4 is 0 Å². The molecule has 3 heteroatoms. The fourth-order valence-electron chi connectivity index (χ4n) is 2.15. The summed E-state index contributed by atoms with van der Waals surface area (Å²) in [6, 6.07) is 0. The Morgan fingerprint density at radius 3 is 2.57 bits per heavy atom. The molecule has 0 radical (unpaired) electrons. The Bertz CT molecular complexity index is 255. The number of carbonyl (C=O) groups is 1. The van der Waals surface area contributed by atoms with Gasteiger partial charge in [0.15, 0.2) is 0 Å². The summed E-state index contributed by atoms with van der Waals surface area (Å²) in [4.78, 5) is 18.8. The molecule has 2 atom stereocenters. The van der Waals surface area contributed by atoms with E-state index in [4.69, 9.17) is 4.74 Å². The zero-order chi connectivity index (χ0) is 11.0. The quantitative estimate of drug-likeness (QED) is 0.453. The molecule has 80 valence electrons. The Labute approximate surface area is 90.6 Å². The van der Waals surface area contributed by atoms with Crippen LogP contribution in [-0.2, 0) is 9.53 Å². The number of hydrogen-bond acceptors (Lipinski definition) is 2. The predicted octanol–water partition coefficient (Wildman–Crippen LogP) is 2.83. The molecule has 1 aliphatic carbocycles. The first-order valence-corrected chi connectivity index (χ1v) is 15.3. The molecule has 14 heavy (non-hydrogen) atoms. The predicted molar refractivity (Wildman–Crippen MR) is 61.0 cm³/mol. The molecule has 1 rings (SSSR count). The van der Waals surface area contributed by atoms with Crippen LogP contribution in [0.4, 0.5) is 0 Å². The maximum absolute atomic E-state index is 11.7. The third kappa shape index (κ3) is 2.33. The SMILES string of the molecule is C=CCOC(=O)[C@@]1(C)C[C@@H]1[Sn]([CH3])([CH3])[CH3]. The molecule has 0 aromatic carbocycles. The number of carbonyl (C=O) groups excluding carboxylic acids is 1. The maximum atomic E-state index is 11.7. The van der Waals surface area contributed by atoms with E-state index in [1.807, 2.05) is 6.92 Å². The van der Waals surface area contributed by atoms with Gasteiger partial charge in [0.25, 0.3) is 0 Å². The van der Waals surface area contributed by atoms with Crippen LogP contribution in [0.15, 0.2) is 12.7 Å². The first-order valence-electron chi connectivity index (χ1n) is 5.10. The Hall–Kier alpha value is 0.00870. The van der Waals surface area contributed by atoms with Crippen molar-refractivity contribution in [2.75, 3.05) is 6.61 Å². The zero-order valence-electron chi connectivity index (χ0n) is 9.59. The third-order valence-corrected chi connectivity index (χ3v) is 11.4. The Kier molecular flexibility index (Phi) is 3.34. The van der Waals surface area contributed by atoms with Crippen LogP contribution in [0.3, 0.4) is 0 Å². The van der Waals surface area contributed by atoms with Crippen molar-refractivity contribution >= 4 is 24.3 Å². The van der Waals surface area contributed by atoms with E-state index in [0.717, 1.165) is 6.42 Å². The second kappa shape index (κ2) is 3.87. The fraction of sp³-hybridized carbons (Fsp3) is 0.727. The van der Waals surface area contributed by atoms with Gasteiger partial charge in [0.05, 0.1) is 0 Å². The van der Waals surface area contributed by atoms with Gasteiger partial charge in [-0.2, -0.15) is 0 Å². The normalized spacial score (nSPS) is 31.0. The second-order valence-electron chi connectivity index (χ2n) is 5.43. The van der Waals surface area contributed by atoms with Gasteiger partial charge < -0.3 is 0 Å². The van der Waals surface area contributed by atoms with Gasteiger partial charge in [-0.1, -0.05) is 0 Å². The molecule has 0 unspecified atom stereocenters. The van der Waals surface area contributed by atoms with E-state index >= 15 is 0 Å². The molecule has 0 spiro atoms. The summed E-state index contributed by atoms with van der Waals surface area (Å²) in [5.41, 5.74) is -0.155. The van der Waals surface area contributed by atoms with E-state index in [1.165, 1.54) is 0 Å². The number of esters is 1. The van der Waals surface area contributed by atoms with Crippen LogP contribution in [0.1, 0.15) is 13.3 Å². The molecule has 0 aromatic rings. The first kappa shape index (κ1) is 12.1. The van der Waals surface area contributed by atoms with Gasteiger partial charge in [0.1, 0.15) is 0 Å². The number of ether oxygens (including phenoxy) is 1. The van der Waals surface area contributed by atoms with Crippen LogP contribution >= 0.6 is 0 Å². The third-order valence-electron chi connectivity index (χ3n) is 3.08. The van der Waals surface area contributed by atoms with Gasteiger partial charge in [0, 0.05) is 0 Å². The van der Waals surface area contributed by atoms with Gasteiger partial charge >= 0.3 is 90.7 Å². The molecule has 1 aliphatic rings. The number of hydrogen-bond donors (Lipinski definition) is 0. The fourth-order valence-corrected chi connectivity index (χ4v) is 10.9. The van der Waals surface area contributed by atoms with Crippen LogP contribution in [-0.4, -0.2) is 31.0 Å². The van der Waals surface area contributed by atoms with Gasteiger partial charge in [-0.25, -0.2) is 0 Å². The molecule has 0 heterocycles. The molecular formula is C11H20O2Sn. The molecular weight excluding hydrogens is 283 g/mol. The number of rotatable bonds is 4. The topological polar surface area (TPSA) is 26.3 Å². The van der Waals surface area contributed by atoms with Crippen molar-refractivity contribution < 1.29 is 9.53 Å². The van der Waals surface area contributed by atoms with Crippen molar-refractivity contribution in [3.05, 3.63) is 12.7 Å². The van der Waals surface area contributed by atoms with Crippen molar-refractivity contribution in [3.63, 3.8) is 0 Å². The van der Waals surface area contributed by atoms with E-state index in [1.54, 1.807) is 6.08 Å². The molecule has 0 amide bonds. The van der Waals surface area contributed by atoms with Crippen molar-refractivity contribution in [1.82, 2.24) is 0 Å². The summed E-state index contributed by atoms with van der Waals surface area (Å²) in [7, 11) is 0. The van der Waals surface area contributed by atoms with Crippen molar-refractivity contribution in [2.45, 2.75) is 32.1 Å². The van der Waals surface area contributed by atoms with Gasteiger partial charge in [-0.15, -0.1) is 0 Å². The van der Waals surface area contributed by atoms with Crippen LogP contribution in [0.5, 0.6) is 0 Å². The summed E-state index contributed by atoms with van der Waals surface area (Å²) in [5.74, 6) is -0.0194. The molecule has 0 saturated heterocycles. The zero-order valence-corrected chi connectivity index (χ0v) is 12.4. The molecule has 0 N–H and O–H groups in total. The van der Waals surface area contributed by atoms with E-state index < -0.39 is 18.4 Å². The average molecular weight is 303 g/mol. The summed E-state index contributed by atoms with van der Waals surface area (Å²) in [5, 5.41) is 0. The Morgan fingerprint density at radius 2 is 2.21 bits per heavy atom. The summed E-state index contributed by atoms with van der Waals surface area (Å²) in [6.45, 7) is 5.93. The second-order valence-corrected chi connectivity index (χ2v) is 20.9. The average Bonchev–Trinajstić information content (AvgIpc) is 2.75. The monoisotopic (exact) mass is 304 g/mol. The van der Waals surface area contributed by atoms with Crippen LogP contribution in [0, 0.1) is 5.41 Å². The molecule has 0 aromatic heterocycles. The van der Waals surface area contributed by atoms with Crippen molar-refractivity contribution in [3.8, 4) is 0 Å². The van der Waals surface area contributed by atoms with Crippen LogP contribution in [0.25, 0.3) is 0 Å². The van der Waals surface area contributed by atoms with Crippen molar-refractivity contribution in [2.24, 2.45) is 5.41 Å². The van der Waals surface area contributed by atoms with Crippen LogP contribution in [0.2, 0.25) is 18.8 Å². The van der Waals surface area contributed by atoms with Gasteiger partial charge in [-0.3, -0.25) is 0 Å². The van der Waals surface area contributed by atoms with Gasteiger partial charge in [0.2, 0.25) is 0 Å². The summed E-state index contributed by atoms with van der Waals surface area (Å²) >= 11 is -1.90. The van der Waals surface area contributed by atoms with Crippen molar-refractivity contribution in [1.29, 1.82) is 0 Å². The minimum absolute atomic E-state index is 0.0194. The summed E-state index contributed by atoms with van der Waals surface area (Å²) in [6.07, 6.45) is 2.67. The first-order chi connectivity index (χ1) is 6.32. The molecule has 0 bridgehead atoms. The van der Waals surface area contributed by atoms with Gasteiger partial charge in [-0.05, 0) is 0 Å². The van der Waals surface area contributed by atoms with E-state index in [9.17, 15) is 4.79 Å². The standard InChI is InChI=1S/C8H11O2.3CH3.Sn/c1-3-6-10-7(9)8(2)4-5-8;;;;/h3-4H,1,5-6H2,2H3;3*1H3;/t8-;;;;/m1..../s1. The molecule has 1 saturated carbocycles. The minimum atomic E-state index is -1.90. The summed E-state index contributed by atoms with van der Waals surface area (Å²) < 4.78 is 5.78. The molecule has 2 nitrogen and oxygen atoms in total. The van der Waals surface area contributed by atoms with E-state index in [2.05, 4.69) is 21.4 Å². The molecule has 0 aliphatic heterocycles.